The maximum Gasteiger partial charge on any atom is 0.243 e. The van der Waals surface area contributed by atoms with Crippen LogP contribution in [0.25, 0.3) is 0 Å². The van der Waals surface area contributed by atoms with E-state index in [1.807, 2.05) is 6.07 Å². The van der Waals surface area contributed by atoms with Gasteiger partial charge in [0.1, 0.15) is 0 Å². The summed E-state index contributed by atoms with van der Waals surface area (Å²) in [6.45, 7) is 8.33. The smallest absolute Gasteiger partial charge is 0.243 e. The Bertz CT molecular complexity index is 858. The second kappa shape index (κ2) is 9.21. The fourth-order valence-electron chi connectivity index (χ4n) is 4.20. The highest BCUT2D eigenvalue weighted by molar-refractivity contribution is 7.89. The van der Waals surface area contributed by atoms with E-state index in [0.29, 0.717) is 32.0 Å². The van der Waals surface area contributed by atoms with Crippen LogP contribution in [0.3, 0.4) is 0 Å². The third-order valence-electron chi connectivity index (χ3n) is 6.47. The summed E-state index contributed by atoms with van der Waals surface area (Å²) in [7, 11) is -3.62. The summed E-state index contributed by atoms with van der Waals surface area (Å²) in [4.78, 5) is 17.5. The Morgan fingerprint density at radius 3 is 2.40 bits per heavy atom. The molecule has 1 aromatic carbocycles. The number of ether oxygens (including phenoxy) is 1. The van der Waals surface area contributed by atoms with Crippen LogP contribution < -0.4 is 10.2 Å². The number of likely N-dealkylation sites (N-methyl/N-ethyl adjacent to an activating group) is 1. The van der Waals surface area contributed by atoms with Crippen LogP contribution in [-0.2, 0) is 19.6 Å². The SMILES string of the molecule is CCN1CCN(c2ccc(S(=O)(=O)N3CCOCC3)cc2NC(=O)C2CCC2)CC1. The first-order valence-electron chi connectivity index (χ1n) is 11.0. The molecule has 2 aliphatic heterocycles. The zero-order valence-corrected chi connectivity index (χ0v) is 18.5. The number of hydrogen-bond donors (Lipinski definition) is 1. The molecule has 8 nitrogen and oxygen atoms in total. The minimum absolute atomic E-state index is 0.00406. The number of carbonyl (C=O) groups excluding carboxylic acids is 1. The fraction of sp³-hybridized carbons (Fsp3) is 0.667. The number of amides is 1. The van der Waals surface area contributed by atoms with Crippen molar-refractivity contribution in [2.45, 2.75) is 31.1 Å². The molecule has 0 radical (unpaired) electrons. The molecule has 2 heterocycles. The van der Waals surface area contributed by atoms with Crippen LogP contribution in [0.15, 0.2) is 23.1 Å². The normalized spacial score (nSPS) is 22.0. The molecule has 166 valence electrons. The first-order chi connectivity index (χ1) is 14.5. The molecule has 9 heteroatoms. The molecule has 0 atom stereocenters. The van der Waals surface area contributed by atoms with Crippen LogP contribution in [0.2, 0.25) is 0 Å². The van der Waals surface area contributed by atoms with Gasteiger partial charge in [0, 0.05) is 45.2 Å². The monoisotopic (exact) mass is 436 g/mol. The molecule has 2 saturated heterocycles. The fourth-order valence-corrected chi connectivity index (χ4v) is 5.63. The Hall–Kier alpha value is -1.68. The highest BCUT2D eigenvalue weighted by atomic mass is 32.2. The van der Waals surface area contributed by atoms with Crippen molar-refractivity contribution in [2.75, 3.05) is 69.2 Å². The standard InChI is InChI=1S/C21H32N4O4S/c1-2-23-8-10-24(11-9-23)20-7-6-18(30(27,28)25-12-14-29-15-13-25)16-19(20)22-21(26)17-4-3-5-17/h6-7,16-17H,2-5,8-15H2,1H3,(H,22,26). The summed E-state index contributed by atoms with van der Waals surface area (Å²) < 4.78 is 33.0. The van der Waals surface area contributed by atoms with E-state index < -0.39 is 10.0 Å². The van der Waals surface area contributed by atoms with E-state index in [1.165, 1.54) is 4.31 Å². The second-order valence-corrected chi connectivity index (χ2v) is 10.2. The van der Waals surface area contributed by atoms with Crippen molar-refractivity contribution in [3.05, 3.63) is 18.2 Å². The lowest BCUT2D eigenvalue weighted by Gasteiger charge is -2.37. The van der Waals surface area contributed by atoms with Crippen molar-refractivity contribution < 1.29 is 17.9 Å². The lowest BCUT2D eigenvalue weighted by atomic mass is 9.85. The van der Waals surface area contributed by atoms with Crippen LogP contribution in [-0.4, -0.2) is 82.6 Å². The Kier molecular flexibility index (Phi) is 6.62. The van der Waals surface area contributed by atoms with Gasteiger partial charge in [0.15, 0.2) is 0 Å². The zero-order valence-electron chi connectivity index (χ0n) is 17.7. The number of nitrogens with one attached hydrogen (secondary N) is 1. The third-order valence-corrected chi connectivity index (χ3v) is 8.36. The van der Waals surface area contributed by atoms with Gasteiger partial charge in [0.25, 0.3) is 0 Å². The van der Waals surface area contributed by atoms with Gasteiger partial charge in [-0.15, -0.1) is 0 Å². The van der Waals surface area contributed by atoms with Gasteiger partial charge >= 0.3 is 0 Å². The lowest BCUT2D eigenvalue weighted by Crippen LogP contribution is -2.46. The van der Waals surface area contributed by atoms with Gasteiger partial charge in [-0.2, -0.15) is 4.31 Å². The number of piperazine rings is 1. The highest BCUT2D eigenvalue weighted by Gasteiger charge is 2.30. The molecule has 4 rings (SSSR count). The molecule has 0 unspecified atom stereocenters. The van der Waals surface area contributed by atoms with Crippen LogP contribution in [0.1, 0.15) is 26.2 Å². The van der Waals surface area contributed by atoms with Gasteiger partial charge in [0.05, 0.1) is 29.5 Å². The second-order valence-electron chi connectivity index (χ2n) is 8.23. The minimum atomic E-state index is -3.62. The summed E-state index contributed by atoms with van der Waals surface area (Å²) >= 11 is 0. The maximum absolute atomic E-state index is 13.1. The first-order valence-corrected chi connectivity index (χ1v) is 12.4. The van der Waals surface area contributed by atoms with E-state index in [1.54, 1.807) is 12.1 Å². The Morgan fingerprint density at radius 2 is 1.80 bits per heavy atom. The van der Waals surface area contributed by atoms with E-state index in [-0.39, 0.29) is 16.7 Å². The number of nitrogens with zero attached hydrogens (tertiary/aromatic N) is 3. The molecule has 0 bridgehead atoms. The van der Waals surface area contributed by atoms with E-state index in [2.05, 4.69) is 22.0 Å². The quantitative estimate of drug-likeness (QED) is 0.729. The topological polar surface area (TPSA) is 82.2 Å². The average molecular weight is 437 g/mol. The summed E-state index contributed by atoms with van der Waals surface area (Å²) in [5.41, 5.74) is 1.51. The van der Waals surface area contributed by atoms with Gasteiger partial charge in [-0.05, 0) is 37.6 Å². The Labute approximate surface area is 179 Å². The van der Waals surface area contributed by atoms with Gasteiger partial charge in [-0.1, -0.05) is 13.3 Å². The molecular weight excluding hydrogens is 404 g/mol. The maximum atomic E-state index is 13.1. The summed E-state index contributed by atoms with van der Waals surface area (Å²) in [6, 6.07) is 5.17. The summed E-state index contributed by atoms with van der Waals surface area (Å²) in [5, 5.41) is 3.05. The molecule has 30 heavy (non-hydrogen) atoms. The predicted molar refractivity (Wildman–Crippen MR) is 116 cm³/mol. The summed E-state index contributed by atoms with van der Waals surface area (Å²) in [6.07, 6.45) is 2.89. The number of carbonyl (C=O) groups is 1. The molecule has 0 aromatic heterocycles. The van der Waals surface area contributed by atoms with E-state index in [0.717, 1.165) is 57.7 Å². The lowest BCUT2D eigenvalue weighted by molar-refractivity contribution is -0.122. The van der Waals surface area contributed by atoms with Gasteiger partial charge in [0.2, 0.25) is 15.9 Å². The minimum Gasteiger partial charge on any atom is -0.379 e. The van der Waals surface area contributed by atoms with E-state index in [4.69, 9.17) is 4.74 Å². The molecule has 1 saturated carbocycles. The average Bonchev–Trinajstić information content (AvgIpc) is 2.73. The molecule has 1 aromatic rings. The molecular formula is C21H32N4O4S. The van der Waals surface area contributed by atoms with Crippen LogP contribution >= 0.6 is 0 Å². The molecule has 0 spiro atoms. The largest absolute Gasteiger partial charge is 0.379 e. The third kappa shape index (κ3) is 4.49. The van der Waals surface area contributed by atoms with Crippen LogP contribution in [0.4, 0.5) is 11.4 Å². The van der Waals surface area contributed by atoms with E-state index >= 15 is 0 Å². The van der Waals surface area contributed by atoms with Crippen molar-refractivity contribution in [1.29, 1.82) is 0 Å². The summed E-state index contributed by atoms with van der Waals surface area (Å²) in [5.74, 6) is 0.0323. The first kappa shape index (κ1) is 21.5. The van der Waals surface area contributed by atoms with Gasteiger partial charge < -0.3 is 19.9 Å². The van der Waals surface area contributed by atoms with Crippen LogP contribution in [0, 0.1) is 5.92 Å². The van der Waals surface area contributed by atoms with Crippen molar-refractivity contribution in [1.82, 2.24) is 9.21 Å². The van der Waals surface area contributed by atoms with Crippen molar-refractivity contribution in [3.8, 4) is 0 Å². The van der Waals surface area contributed by atoms with Gasteiger partial charge in [-0.3, -0.25) is 4.79 Å². The predicted octanol–water partition coefficient (Wildman–Crippen LogP) is 1.59. The number of sulfonamides is 1. The number of morpholine rings is 1. The number of benzene rings is 1. The van der Waals surface area contributed by atoms with Crippen molar-refractivity contribution >= 4 is 27.3 Å². The zero-order chi connectivity index (χ0) is 21.1. The van der Waals surface area contributed by atoms with Gasteiger partial charge in [-0.25, -0.2) is 8.42 Å². The van der Waals surface area contributed by atoms with Crippen LogP contribution in [0.5, 0.6) is 0 Å². The van der Waals surface area contributed by atoms with Crippen molar-refractivity contribution in [2.24, 2.45) is 5.92 Å². The number of hydrogen-bond acceptors (Lipinski definition) is 6. The van der Waals surface area contributed by atoms with Crippen molar-refractivity contribution in [3.63, 3.8) is 0 Å². The molecule has 1 N–H and O–H groups in total. The molecule has 1 aliphatic carbocycles. The molecule has 3 fully saturated rings. The van der Waals surface area contributed by atoms with E-state index in [9.17, 15) is 13.2 Å². The number of rotatable bonds is 6. The molecule has 1 amide bonds. The Morgan fingerprint density at radius 1 is 1.10 bits per heavy atom. The number of anilines is 2. The Balaban J connectivity index is 1.61. The highest BCUT2D eigenvalue weighted by Crippen LogP contribution is 2.33. The molecule has 3 aliphatic rings.